The van der Waals surface area contributed by atoms with Gasteiger partial charge in [-0.05, 0) is 54.6 Å². The smallest absolute Gasteiger partial charge is 0.161 e. The Hall–Kier alpha value is -6.02. The maximum absolute atomic E-state index is 5.47. The van der Waals surface area contributed by atoms with Crippen LogP contribution in [0.25, 0.3) is 45.1 Å². The van der Waals surface area contributed by atoms with Gasteiger partial charge in [0.1, 0.15) is 0 Å². The zero-order chi connectivity index (χ0) is 30.1. The van der Waals surface area contributed by atoms with Gasteiger partial charge in [-0.2, -0.15) is 10.2 Å². The third-order valence-corrected chi connectivity index (χ3v) is 6.92. The van der Waals surface area contributed by atoms with E-state index in [0.717, 1.165) is 45.1 Å². The van der Waals surface area contributed by atoms with Crippen LogP contribution in [-0.2, 0) is 0 Å². The van der Waals surface area contributed by atoms with E-state index in [0.29, 0.717) is 11.5 Å². The van der Waals surface area contributed by atoms with E-state index >= 15 is 0 Å². The number of nitrogens with zero attached hydrogens (tertiary/aromatic N) is 6. The lowest BCUT2D eigenvalue weighted by molar-refractivity contribution is 0.355. The molecule has 8 heteroatoms. The van der Waals surface area contributed by atoms with Crippen molar-refractivity contribution in [2.45, 2.75) is 0 Å². The van der Waals surface area contributed by atoms with E-state index < -0.39 is 0 Å². The number of pyridine rings is 2. The van der Waals surface area contributed by atoms with Crippen molar-refractivity contribution in [3.63, 3.8) is 0 Å². The largest absolute Gasteiger partial charge is 0.493 e. The lowest BCUT2D eigenvalue weighted by Gasteiger charge is -2.11. The highest BCUT2D eigenvalue weighted by Gasteiger charge is 2.15. The Morgan fingerprint density at radius 2 is 1.16 bits per heavy atom. The molecule has 0 saturated heterocycles. The molecule has 4 heterocycles. The van der Waals surface area contributed by atoms with Crippen LogP contribution in [0.3, 0.4) is 0 Å². The molecule has 0 saturated carbocycles. The predicted molar refractivity (Wildman–Crippen MR) is 172 cm³/mol. The predicted octanol–water partition coefficient (Wildman–Crippen LogP) is 7.55. The van der Waals surface area contributed by atoms with Crippen LogP contribution in [-0.4, -0.2) is 43.7 Å². The molecule has 0 aliphatic heterocycles. The summed E-state index contributed by atoms with van der Waals surface area (Å²) >= 11 is 0. The SMILES string of the molecule is COc1ccc(-c2cc(-c3ccccc3)nn2-c2cccnc2)cc1OC.c1ccc(-c2ccn(-c3cccnc3)n2)cc1. The monoisotopic (exact) mass is 578 g/mol. The second-order valence-corrected chi connectivity index (χ2v) is 9.70. The first-order valence-corrected chi connectivity index (χ1v) is 14.0. The first-order valence-electron chi connectivity index (χ1n) is 14.0. The Morgan fingerprint density at radius 3 is 1.77 bits per heavy atom. The molecule has 44 heavy (non-hydrogen) atoms. The summed E-state index contributed by atoms with van der Waals surface area (Å²) < 4.78 is 14.6. The highest BCUT2D eigenvalue weighted by atomic mass is 16.5. The van der Waals surface area contributed by atoms with Crippen molar-refractivity contribution in [3.05, 3.63) is 146 Å². The second kappa shape index (κ2) is 13.3. The highest BCUT2D eigenvalue weighted by Crippen LogP contribution is 2.35. The van der Waals surface area contributed by atoms with Crippen molar-refractivity contribution >= 4 is 0 Å². The second-order valence-electron chi connectivity index (χ2n) is 9.70. The average Bonchev–Trinajstić information content (AvgIpc) is 3.79. The summed E-state index contributed by atoms with van der Waals surface area (Å²) in [6, 6.07) is 37.9. The van der Waals surface area contributed by atoms with Crippen molar-refractivity contribution in [3.8, 4) is 56.6 Å². The summed E-state index contributed by atoms with van der Waals surface area (Å²) in [5.41, 5.74) is 7.82. The maximum atomic E-state index is 5.47. The first-order chi connectivity index (χ1) is 21.7. The van der Waals surface area contributed by atoms with Gasteiger partial charge in [0.25, 0.3) is 0 Å². The van der Waals surface area contributed by atoms with Crippen LogP contribution in [0, 0.1) is 0 Å². The molecule has 0 aliphatic rings. The molecule has 0 bridgehead atoms. The molecule has 0 radical (unpaired) electrons. The van der Waals surface area contributed by atoms with Gasteiger partial charge < -0.3 is 9.47 Å². The molecule has 0 N–H and O–H groups in total. The van der Waals surface area contributed by atoms with Crippen LogP contribution in [0.2, 0.25) is 0 Å². The Bertz CT molecular complexity index is 1870. The molecule has 0 atom stereocenters. The molecule has 7 aromatic rings. The molecule has 216 valence electrons. The van der Waals surface area contributed by atoms with Gasteiger partial charge in [-0.1, -0.05) is 60.7 Å². The molecule has 0 unspecified atom stereocenters. The molecule has 0 fully saturated rings. The summed E-state index contributed by atoms with van der Waals surface area (Å²) in [5.74, 6) is 1.37. The number of ether oxygens (including phenoxy) is 2. The van der Waals surface area contributed by atoms with Gasteiger partial charge >= 0.3 is 0 Å². The van der Waals surface area contributed by atoms with Crippen LogP contribution in [0.5, 0.6) is 11.5 Å². The number of hydrogen-bond donors (Lipinski definition) is 0. The molecule has 4 aromatic heterocycles. The van der Waals surface area contributed by atoms with Gasteiger partial charge in [-0.15, -0.1) is 0 Å². The van der Waals surface area contributed by atoms with E-state index in [1.165, 1.54) is 0 Å². The van der Waals surface area contributed by atoms with Crippen LogP contribution in [0.1, 0.15) is 0 Å². The summed E-state index contributed by atoms with van der Waals surface area (Å²) in [4.78, 5) is 8.32. The van der Waals surface area contributed by atoms with Gasteiger partial charge in [0.05, 0.1) is 55.1 Å². The minimum Gasteiger partial charge on any atom is -0.493 e. The summed E-state index contributed by atoms with van der Waals surface area (Å²) in [6.07, 6.45) is 9.04. The fraction of sp³-hybridized carbons (Fsp3) is 0.0556. The van der Waals surface area contributed by atoms with Crippen molar-refractivity contribution in [2.24, 2.45) is 0 Å². The van der Waals surface area contributed by atoms with E-state index in [9.17, 15) is 0 Å². The molecular weight excluding hydrogens is 548 g/mol. The molecule has 0 spiro atoms. The van der Waals surface area contributed by atoms with Gasteiger partial charge in [0.15, 0.2) is 11.5 Å². The van der Waals surface area contributed by atoms with Crippen LogP contribution < -0.4 is 9.47 Å². The van der Waals surface area contributed by atoms with Crippen LogP contribution in [0.4, 0.5) is 0 Å². The molecule has 7 rings (SSSR count). The van der Waals surface area contributed by atoms with Crippen molar-refractivity contribution in [2.75, 3.05) is 14.2 Å². The number of methoxy groups -OCH3 is 2. The standard InChI is InChI=1S/C22H19N3O2.C14H11N3/c1-26-21-11-10-17(13-22(21)27-2)20-14-19(16-7-4-3-5-8-16)24-25(20)18-9-6-12-23-15-18;1-2-5-12(6-3-1)14-8-10-17(16-14)13-7-4-9-15-11-13/h3-15H,1-2H3;1-11H. The number of rotatable bonds is 7. The van der Waals surface area contributed by atoms with Gasteiger partial charge in [0, 0.05) is 35.3 Å². The van der Waals surface area contributed by atoms with Gasteiger partial charge in [-0.25, -0.2) is 9.36 Å². The van der Waals surface area contributed by atoms with Crippen molar-refractivity contribution < 1.29 is 9.47 Å². The Kier molecular flexibility index (Phi) is 8.50. The van der Waals surface area contributed by atoms with Crippen molar-refractivity contribution in [1.82, 2.24) is 29.5 Å². The number of hydrogen-bond acceptors (Lipinski definition) is 6. The van der Waals surface area contributed by atoms with E-state index in [4.69, 9.17) is 14.6 Å². The Balaban J connectivity index is 0.000000173. The average molecular weight is 579 g/mol. The topological polar surface area (TPSA) is 79.9 Å². The quantitative estimate of drug-likeness (QED) is 0.194. The number of aromatic nitrogens is 6. The minimum absolute atomic E-state index is 0.676. The van der Waals surface area contributed by atoms with Crippen LogP contribution in [0.15, 0.2) is 146 Å². The lowest BCUT2D eigenvalue weighted by atomic mass is 10.1. The van der Waals surface area contributed by atoms with E-state index in [2.05, 4.69) is 33.3 Å². The fourth-order valence-electron chi connectivity index (χ4n) is 4.73. The highest BCUT2D eigenvalue weighted by molar-refractivity contribution is 5.72. The minimum atomic E-state index is 0.676. The Morgan fingerprint density at radius 1 is 0.523 bits per heavy atom. The van der Waals surface area contributed by atoms with Gasteiger partial charge in [0.2, 0.25) is 0 Å². The van der Waals surface area contributed by atoms with E-state index in [1.807, 2.05) is 113 Å². The Labute approximate surface area is 255 Å². The molecule has 0 aliphatic carbocycles. The summed E-state index contributed by atoms with van der Waals surface area (Å²) in [6.45, 7) is 0. The number of benzene rings is 3. The van der Waals surface area contributed by atoms with Crippen LogP contribution >= 0.6 is 0 Å². The molecule has 0 amide bonds. The third-order valence-electron chi connectivity index (χ3n) is 6.92. The van der Waals surface area contributed by atoms with E-state index in [1.54, 1.807) is 39.0 Å². The van der Waals surface area contributed by atoms with Crippen molar-refractivity contribution in [1.29, 1.82) is 0 Å². The zero-order valence-corrected chi connectivity index (χ0v) is 24.4. The molecular formula is C36H30N6O2. The molecule has 3 aromatic carbocycles. The fourth-order valence-corrected chi connectivity index (χ4v) is 4.73. The summed E-state index contributed by atoms with van der Waals surface area (Å²) in [7, 11) is 3.26. The first kappa shape index (κ1) is 28.1. The third kappa shape index (κ3) is 6.24. The summed E-state index contributed by atoms with van der Waals surface area (Å²) in [5, 5.41) is 9.36. The zero-order valence-electron chi connectivity index (χ0n) is 24.4. The lowest BCUT2D eigenvalue weighted by Crippen LogP contribution is -2.00. The van der Waals surface area contributed by atoms with Gasteiger partial charge in [-0.3, -0.25) is 9.97 Å². The normalized spacial score (nSPS) is 10.5. The maximum Gasteiger partial charge on any atom is 0.161 e. The van der Waals surface area contributed by atoms with E-state index in [-0.39, 0.29) is 0 Å². The molecule has 8 nitrogen and oxygen atoms in total.